The van der Waals surface area contributed by atoms with Crippen LogP contribution in [0.5, 0.6) is 0 Å². The average molecular weight is 386 g/mol. The maximum atomic E-state index is 12.9. The number of carbonyl (C=O) groups is 2. The lowest BCUT2D eigenvalue weighted by molar-refractivity contribution is -0.119. The van der Waals surface area contributed by atoms with Gasteiger partial charge in [0.1, 0.15) is 6.04 Å². The van der Waals surface area contributed by atoms with Crippen LogP contribution in [0.3, 0.4) is 0 Å². The molecule has 6 heteroatoms. The maximum Gasteiger partial charge on any atom is 0.251 e. The van der Waals surface area contributed by atoms with E-state index in [-0.39, 0.29) is 17.7 Å². The van der Waals surface area contributed by atoms with Crippen LogP contribution < -0.4 is 10.6 Å². The first-order chi connectivity index (χ1) is 13.0. The van der Waals surface area contributed by atoms with Crippen molar-refractivity contribution in [2.45, 2.75) is 52.5 Å². The van der Waals surface area contributed by atoms with Gasteiger partial charge in [0, 0.05) is 10.4 Å². The van der Waals surface area contributed by atoms with Crippen molar-refractivity contribution in [3.05, 3.63) is 46.5 Å². The van der Waals surface area contributed by atoms with E-state index >= 15 is 0 Å². The number of aryl methyl sites for hydroxylation is 1. The number of rotatable bonds is 6. The second-order valence-corrected chi connectivity index (χ2v) is 8.51. The van der Waals surface area contributed by atoms with Crippen molar-refractivity contribution >= 4 is 28.3 Å². The summed E-state index contributed by atoms with van der Waals surface area (Å²) in [5.41, 5.74) is 1.67. The number of thiazole rings is 1. The highest BCUT2D eigenvalue weighted by atomic mass is 32.1. The molecule has 0 spiro atoms. The first-order valence-electron chi connectivity index (χ1n) is 9.63. The van der Waals surface area contributed by atoms with Crippen molar-refractivity contribution in [1.82, 2.24) is 10.3 Å². The van der Waals surface area contributed by atoms with Gasteiger partial charge in [-0.15, -0.1) is 11.3 Å². The lowest BCUT2D eigenvalue weighted by Crippen LogP contribution is -2.47. The molecular formula is C21H27N3O2S. The molecule has 1 aromatic heterocycles. The van der Waals surface area contributed by atoms with Gasteiger partial charge >= 0.3 is 0 Å². The van der Waals surface area contributed by atoms with Crippen LogP contribution in [0.1, 0.15) is 54.5 Å². The zero-order chi connectivity index (χ0) is 19.4. The second-order valence-electron chi connectivity index (χ2n) is 7.43. The molecule has 1 aliphatic rings. The Labute approximate surface area is 164 Å². The van der Waals surface area contributed by atoms with Crippen molar-refractivity contribution in [3.8, 4) is 0 Å². The van der Waals surface area contributed by atoms with Gasteiger partial charge in [-0.25, -0.2) is 4.98 Å². The zero-order valence-electron chi connectivity index (χ0n) is 16.1. The molecule has 3 unspecified atom stereocenters. The van der Waals surface area contributed by atoms with Crippen LogP contribution in [-0.2, 0) is 17.6 Å². The first kappa shape index (κ1) is 19.5. The Morgan fingerprint density at radius 2 is 2.04 bits per heavy atom. The van der Waals surface area contributed by atoms with Crippen molar-refractivity contribution < 1.29 is 9.59 Å². The van der Waals surface area contributed by atoms with Gasteiger partial charge in [-0.05, 0) is 43.2 Å². The summed E-state index contributed by atoms with van der Waals surface area (Å²) in [5, 5.41) is 6.48. The predicted octanol–water partition coefficient (Wildman–Crippen LogP) is 4.05. The molecule has 1 aliphatic carbocycles. The van der Waals surface area contributed by atoms with E-state index in [1.165, 1.54) is 4.88 Å². The lowest BCUT2D eigenvalue weighted by Gasteiger charge is -2.23. The quantitative estimate of drug-likeness (QED) is 0.788. The summed E-state index contributed by atoms with van der Waals surface area (Å²) in [6.45, 7) is 6.24. The molecule has 2 aromatic rings. The largest absolute Gasteiger partial charge is 0.340 e. The molecule has 1 aromatic carbocycles. The third-order valence-electron chi connectivity index (χ3n) is 5.23. The Morgan fingerprint density at radius 3 is 2.74 bits per heavy atom. The third kappa shape index (κ3) is 4.75. The highest BCUT2D eigenvalue weighted by molar-refractivity contribution is 7.15. The number of hydrogen-bond acceptors (Lipinski definition) is 4. The van der Waals surface area contributed by atoms with Crippen molar-refractivity contribution in [1.29, 1.82) is 0 Å². The molecule has 2 amide bonds. The molecule has 3 rings (SSSR count). The van der Waals surface area contributed by atoms with Gasteiger partial charge in [0.05, 0.1) is 5.69 Å². The Kier molecular flexibility index (Phi) is 6.26. The Hall–Kier alpha value is -2.21. The minimum Gasteiger partial charge on any atom is -0.340 e. The van der Waals surface area contributed by atoms with E-state index in [0.717, 1.165) is 31.4 Å². The van der Waals surface area contributed by atoms with E-state index in [4.69, 9.17) is 0 Å². The van der Waals surface area contributed by atoms with Crippen LogP contribution in [0.15, 0.2) is 30.3 Å². The summed E-state index contributed by atoms with van der Waals surface area (Å²) in [5.74, 6) is 0.253. The molecule has 5 nitrogen and oxygen atoms in total. The zero-order valence-corrected chi connectivity index (χ0v) is 16.9. The molecular weight excluding hydrogens is 358 g/mol. The van der Waals surface area contributed by atoms with Gasteiger partial charge in [-0.1, -0.05) is 45.4 Å². The number of anilines is 1. The summed E-state index contributed by atoms with van der Waals surface area (Å²) >= 11 is 1.56. The maximum absolute atomic E-state index is 12.9. The molecule has 1 heterocycles. The van der Waals surface area contributed by atoms with Crippen molar-refractivity contribution in [3.63, 3.8) is 0 Å². The molecule has 27 heavy (non-hydrogen) atoms. The van der Waals surface area contributed by atoms with E-state index in [1.54, 1.807) is 23.5 Å². The number of carbonyl (C=O) groups excluding carboxylic acids is 2. The molecule has 0 saturated carbocycles. The molecule has 3 atom stereocenters. The van der Waals surface area contributed by atoms with Gasteiger partial charge in [-0.3, -0.25) is 9.59 Å². The number of benzene rings is 1. The molecule has 0 fully saturated rings. The smallest absolute Gasteiger partial charge is 0.251 e. The molecule has 0 saturated heterocycles. The summed E-state index contributed by atoms with van der Waals surface area (Å²) in [6.07, 6.45) is 3.94. The van der Waals surface area contributed by atoms with Gasteiger partial charge < -0.3 is 10.6 Å². The molecule has 0 aliphatic heterocycles. The van der Waals surface area contributed by atoms with Crippen molar-refractivity contribution in [2.75, 3.05) is 5.32 Å². The van der Waals surface area contributed by atoms with E-state index in [9.17, 15) is 9.59 Å². The van der Waals surface area contributed by atoms with Gasteiger partial charge in [0.2, 0.25) is 5.91 Å². The average Bonchev–Trinajstić information content (AvgIpc) is 3.07. The van der Waals surface area contributed by atoms with Crippen LogP contribution in [0.25, 0.3) is 0 Å². The number of hydrogen-bond donors (Lipinski definition) is 2. The van der Waals surface area contributed by atoms with E-state index in [0.29, 0.717) is 16.6 Å². The van der Waals surface area contributed by atoms with Crippen LogP contribution >= 0.6 is 11.3 Å². The molecule has 0 bridgehead atoms. The minimum atomic E-state index is -0.595. The molecule has 2 N–H and O–H groups in total. The Bertz CT molecular complexity index is 803. The number of nitrogens with zero attached hydrogens (tertiary/aromatic N) is 1. The van der Waals surface area contributed by atoms with Gasteiger partial charge in [0.25, 0.3) is 5.91 Å². The van der Waals surface area contributed by atoms with E-state index in [2.05, 4.69) is 22.5 Å². The van der Waals surface area contributed by atoms with Crippen LogP contribution in [-0.4, -0.2) is 22.8 Å². The van der Waals surface area contributed by atoms with E-state index in [1.807, 2.05) is 32.0 Å². The van der Waals surface area contributed by atoms with Crippen LogP contribution in [0, 0.1) is 11.8 Å². The van der Waals surface area contributed by atoms with Crippen LogP contribution in [0.4, 0.5) is 5.13 Å². The lowest BCUT2D eigenvalue weighted by atomic mass is 9.93. The van der Waals surface area contributed by atoms with Crippen LogP contribution in [0.2, 0.25) is 0 Å². The highest BCUT2D eigenvalue weighted by Crippen LogP contribution is 2.32. The highest BCUT2D eigenvalue weighted by Gasteiger charge is 2.28. The van der Waals surface area contributed by atoms with Gasteiger partial charge in [-0.2, -0.15) is 0 Å². The van der Waals surface area contributed by atoms with Gasteiger partial charge in [0.15, 0.2) is 5.13 Å². The fraction of sp³-hybridized carbons (Fsp3) is 0.476. The fourth-order valence-corrected chi connectivity index (χ4v) is 4.47. The van der Waals surface area contributed by atoms with Crippen molar-refractivity contribution in [2.24, 2.45) is 11.8 Å². The fourth-order valence-electron chi connectivity index (χ4n) is 3.29. The number of aromatic nitrogens is 1. The SMILES string of the molecule is CCC(C)C(NC(=O)c1ccccc1)C(=O)Nc1nc2c(s1)CC(C)CC2. The van der Waals surface area contributed by atoms with E-state index < -0.39 is 6.04 Å². The summed E-state index contributed by atoms with van der Waals surface area (Å²) < 4.78 is 0. The predicted molar refractivity (Wildman–Crippen MR) is 109 cm³/mol. The Balaban J connectivity index is 1.71. The standard InChI is InChI=1S/C21H27N3O2S/c1-4-14(3)18(23-19(25)15-8-6-5-7-9-15)20(26)24-21-22-16-11-10-13(2)12-17(16)27-21/h5-9,13-14,18H,4,10-12H2,1-3H3,(H,23,25)(H,22,24,26). The molecule has 144 valence electrons. The summed E-state index contributed by atoms with van der Waals surface area (Å²) in [6, 6.07) is 8.39. The third-order valence-corrected chi connectivity index (χ3v) is 6.27. The second kappa shape index (κ2) is 8.65. The normalized spacial score (nSPS) is 18.3. The first-order valence-corrected chi connectivity index (χ1v) is 10.4. The number of nitrogens with one attached hydrogen (secondary N) is 2. The minimum absolute atomic E-state index is 0.0206. The monoisotopic (exact) mass is 385 g/mol. The molecule has 0 radical (unpaired) electrons. The topological polar surface area (TPSA) is 71.1 Å². The summed E-state index contributed by atoms with van der Waals surface area (Å²) in [7, 11) is 0. The Morgan fingerprint density at radius 1 is 1.30 bits per heavy atom. The number of amides is 2. The number of fused-ring (bicyclic) bond motifs is 1. The summed E-state index contributed by atoms with van der Waals surface area (Å²) in [4.78, 5) is 31.3.